The normalized spacial score (nSPS) is 5.76. The van der Waals surface area contributed by atoms with Gasteiger partial charge in [-0.15, -0.1) is 0 Å². The molecule has 25 heteroatoms. The molecule has 25 heavy (non-hydrogen) atoms. The minimum atomic E-state index is -1.25. The maximum absolute atomic E-state index is 8.47. The molecular formula is H12CeN6O18+6. The van der Waals surface area contributed by atoms with Crippen LogP contribution in [-0.4, -0.2) is 93.0 Å². The topological polar surface area (TPSA) is 363 Å². The van der Waals surface area contributed by atoms with Gasteiger partial charge in [-0.05, 0) is 0 Å². The maximum atomic E-state index is 8.47. The maximum Gasteiger partial charge on any atom is 0.472 e. The van der Waals surface area contributed by atoms with Crippen LogP contribution in [0.4, 0.5) is 0 Å². The first-order valence-corrected chi connectivity index (χ1v) is 3.50. The molecule has 0 unspecified atom stereocenters. The van der Waals surface area contributed by atoms with Gasteiger partial charge in [-0.25, -0.2) is 62.5 Å². The van der Waals surface area contributed by atoms with Crippen LogP contribution in [0.3, 0.4) is 0 Å². The first-order valence-electron chi connectivity index (χ1n) is 3.50. The average Bonchev–Trinajstić information content (AvgIpc) is 2.08. The summed E-state index contributed by atoms with van der Waals surface area (Å²) in [6.07, 6.45) is 0. The summed E-state index contributed by atoms with van der Waals surface area (Å²) in [5, 5.41) is 75.2. The molecule has 0 rings (SSSR count). The van der Waals surface area contributed by atoms with E-state index in [0.29, 0.717) is 0 Å². The van der Waals surface area contributed by atoms with Crippen LogP contribution < -0.4 is 0 Å². The van der Waals surface area contributed by atoms with E-state index in [1.165, 1.54) is 0 Å². The molecule has 0 atom stereocenters. The van der Waals surface area contributed by atoms with E-state index in [0.717, 1.165) is 0 Å². The Morgan fingerprint density at radius 3 is 0.280 bits per heavy atom. The fraction of sp³-hybridized carbons (Fsp3) is 0. The molecule has 0 aliphatic rings. The molecule has 0 heterocycles. The molecule has 0 aromatic rings. The Labute approximate surface area is 164 Å². The van der Waals surface area contributed by atoms with Gasteiger partial charge >= 0.3 is 30.5 Å². The standard InChI is InChI=1S/Ce.6H2NO3/c;6*2-1(3)4/h;6*(H2,2,3,4)/q;6*+1. The summed E-state index contributed by atoms with van der Waals surface area (Å²) in [5.41, 5.74) is 0. The van der Waals surface area contributed by atoms with Crippen LogP contribution in [0.2, 0.25) is 0 Å². The largest absolute Gasteiger partial charge is 0.472 e. The first-order chi connectivity index (χ1) is 10.4. The molecular weight excluding hydrogens is 512 g/mol. The molecule has 0 saturated heterocycles. The molecule has 0 amide bonds. The summed E-state index contributed by atoms with van der Waals surface area (Å²) >= 11 is 0. The van der Waals surface area contributed by atoms with E-state index in [9.17, 15) is 0 Å². The van der Waals surface area contributed by atoms with Gasteiger partial charge in [0, 0.05) is 41.7 Å². The quantitative estimate of drug-likeness (QED) is 0.143. The zero-order valence-corrected chi connectivity index (χ0v) is 14.1. The first kappa shape index (κ1) is 43.0. The summed E-state index contributed by atoms with van der Waals surface area (Å²) in [6.45, 7) is 0. The Bertz CT molecular complexity index is 257. The van der Waals surface area contributed by atoms with Crippen LogP contribution in [0.15, 0.2) is 0 Å². The predicted octanol–water partition coefficient (Wildman–Crippen LogP) is -2.74. The summed E-state index contributed by atoms with van der Waals surface area (Å²) in [5.74, 6) is 0. The molecule has 0 aliphatic carbocycles. The van der Waals surface area contributed by atoms with Crippen molar-refractivity contribution in [1.29, 1.82) is 0 Å². The minimum absolute atomic E-state index is 0. The van der Waals surface area contributed by atoms with Crippen molar-refractivity contribution < 1.29 is 135 Å². The third-order valence-electron chi connectivity index (χ3n) is 0. The monoisotopic (exact) mass is 524 g/mol. The fourth-order valence-corrected chi connectivity index (χ4v) is 0. The van der Waals surface area contributed by atoms with E-state index in [1.807, 2.05) is 0 Å². The van der Waals surface area contributed by atoms with Gasteiger partial charge in [-0.3, -0.25) is 0 Å². The van der Waals surface area contributed by atoms with E-state index >= 15 is 0 Å². The Morgan fingerprint density at radius 2 is 0.280 bits per heavy atom. The Balaban J connectivity index is -0.0000000309. The van der Waals surface area contributed by atoms with Gasteiger partial charge in [0.05, 0.1) is 0 Å². The summed E-state index contributed by atoms with van der Waals surface area (Å²) in [7, 11) is 0. The van der Waals surface area contributed by atoms with Crippen molar-refractivity contribution in [3.63, 3.8) is 0 Å². The van der Waals surface area contributed by atoms with E-state index in [2.05, 4.69) is 0 Å². The molecule has 0 aromatic heterocycles. The zero-order valence-electron chi connectivity index (χ0n) is 11.0. The van der Waals surface area contributed by atoms with Crippen molar-refractivity contribution in [2.45, 2.75) is 0 Å². The molecule has 148 valence electrons. The second-order valence-electron chi connectivity index (χ2n) is 1.52. The summed E-state index contributed by atoms with van der Waals surface area (Å²) < 4.78 is 0. The number of hydrogen-bond acceptors (Lipinski definition) is 6. The minimum Gasteiger partial charge on any atom is -0.201 e. The van der Waals surface area contributed by atoms with Crippen LogP contribution in [0, 0.1) is 71.2 Å². The van der Waals surface area contributed by atoms with Gasteiger partial charge < -0.3 is 0 Å². The second kappa shape index (κ2) is 37.1. The van der Waals surface area contributed by atoms with Crippen molar-refractivity contribution in [2.75, 3.05) is 0 Å². The van der Waals surface area contributed by atoms with E-state index in [-0.39, 0.29) is 41.7 Å². The molecule has 0 bridgehead atoms. The molecule has 0 fully saturated rings. The van der Waals surface area contributed by atoms with E-state index in [4.69, 9.17) is 91.9 Å². The van der Waals surface area contributed by atoms with Gasteiger partial charge in [-0.1, -0.05) is 0 Å². The summed E-state index contributed by atoms with van der Waals surface area (Å²) in [6, 6.07) is 0. The van der Waals surface area contributed by atoms with Crippen molar-refractivity contribution in [2.24, 2.45) is 0 Å². The summed E-state index contributed by atoms with van der Waals surface area (Å²) in [4.78, 5) is 50.8. The molecule has 0 aliphatic heterocycles. The van der Waals surface area contributed by atoms with Crippen LogP contribution in [0.5, 0.6) is 0 Å². The molecule has 0 radical (unpaired) electrons. The molecule has 0 aromatic carbocycles. The average molecular weight is 524 g/mol. The van der Waals surface area contributed by atoms with Gasteiger partial charge in [0.1, 0.15) is 29.4 Å². The van der Waals surface area contributed by atoms with Crippen molar-refractivity contribution >= 4 is 0 Å². The third kappa shape index (κ3) is 606. The van der Waals surface area contributed by atoms with Gasteiger partial charge in [0.2, 0.25) is 0 Å². The van der Waals surface area contributed by atoms with Crippen LogP contribution in [0.1, 0.15) is 0 Å². The van der Waals surface area contributed by atoms with E-state index in [1.54, 1.807) is 0 Å². The van der Waals surface area contributed by atoms with Gasteiger partial charge in [0.15, 0.2) is 0 Å². The smallest absolute Gasteiger partial charge is 0.201 e. The van der Waals surface area contributed by atoms with Crippen LogP contribution in [-0.2, 0) is 0 Å². The number of hydrogen-bond donors (Lipinski definition) is 12. The predicted molar refractivity (Wildman–Crippen MR) is 43.2 cm³/mol. The van der Waals surface area contributed by atoms with Gasteiger partial charge in [-0.2, -0.15) is 0 Å². The third-order valence-corrected chi connectivity index (χ3v) is 0. The van der Waals surface area contributed by atoms with Crippen molar-refractivity contribution in [1.82, 2.24) is 0 Å². The SMILES string of the molecule is O=[N+](O)O.O=[N+](O)O.O=[N+](O)O.O=[N+](O)O.O=[N+](O)O.O=[N+](O)O.[Ce]. The van der Waals surface area contributed by atoms with Gasteiger partial charge in [0.25, 0.3) is 0 Å². The molecule has 24 nitrogen and oxygen atoms in total. The fourth-order valence-electron chi connectivity index (χ4n) is 0. The Hall–Kier alpha value is -3.42. The van der Waals surface area contributed by atoms with E-state index < -0.39 is 30.5 Å². The second-order valence-corrected chi connectivity index (χ2v) is 1.52. The molecule has 0 saturated carbocycles. The van der Waals surface area contributed by atoms with Crippen molar-refractivity contribution in [3.05, 3.63) is 29.4 Å². The molecule has 0 spiro atoms. The van der Waals surface area contributed by atoms with Crippen molar-refractivity contribution in [3.8, 4) is 0 Å². The molecule has 12 N–H and O–H groups in total. The Kier molecular flexibility index (Phi) is 63.8. The zero-order chi connectivity index (χ0) is 21.5. The van der Waals surface area contributed by atoms with Crippen LogP contribution >= 0.6 is 0 Å². The Morgan fingerprint density at radius 1 is 0.280 bits per heavy atom. The van der Waals surface area contributed by atoms with Crippen LogP contribution in [0.25, 0.3) is 0 Å². The number of rotatable bonds is 0. The number of nitrogens with zero attached hydrogens (tertiary/aromatic N) is 6.